The highest BCUT2D eigenvalue weighted by Gasteiger charge is 2.05. The summed E-state index contributed by atoms with van der Waals surface area (Å²) in [4.78, 5) is 6.03. The van der Waals surface area contributed by atoms with Gasteiger partial charge in [0.25, 0.3) is 0 Å². The van der Waals surface area contributed by atoms with Gasteiger partial charge in [-0.1, -0.05) is 12.1 Å². The number of benzene rings is 1. The number of aryl methyl sites for hydroxylation is 1. The molecule has 0 aliphatic carbocycles. The third-order valence-electron chi connectivity index (χ3n) is 2.49. The normalized spacial score (nSPS) is 10.9. The smallest absolute Gasteiger partial charge is 0.178 e. The van der Waals surface area contributed by atoms with Crippen LogP contribution in [-0.4, -0.2) is 35.5 Å². The highest BCUT2D eigenvalue weighted by atomic mass is 19.1. The van der Waals surface area contributed by atoms with E-state index in [-0.39, 0.29) is 5.82 Å². The number of hydrogen-bond donors (Lipinski definition) is 0. The molecule has 0 fully saturated rings. The summed E-state index contributed by atoms with van der Waals surface area (Å²) < 4.78 is 13.2. The molecule has 1 heterocycles. The van der Waals surface area contributed by atoms with Crippen molar-refractivity contribution in [1.82, 2.24) is 15.1 Å². The molecule has 1 aromatic heterocycles. The maximum atomic E-state index is 13.2. The van der Waals surface area contributed by atoms with E-state index in [9.17, 15) is 4.39 Å². The maximum absolute atomic E-state index is 13.2. The SMILES string of the molecule is Cc1cc(-c2cccc(F)c2)nnc1N=CN(C)C. The molecule has 5 heteroatoms. The number of aromatic nitrogens is 2. The van der Waals surface area contributed by atoms with Gasteiger partial charge in [-0.05, 0) is 30.7 Å². The van der Waals surface area contributed by atoms with Crippen molar-refractivity contribution in [3.63, 3.8) is 0 Å². The van der Waals surface area contributed by atoms with E-state index in [0.717, 1.165) is 5.56 Å². The molecule has 0 saturated carbocycles. The molecular formula is C14H15FN4. The van der Waals surface area contributed by atoms with Gasteiger partial charge in [0.15, 0.2) is 5.82 Å². The van der Waals surface area contributed by atoms with Crippen molar-refractivity contribution in [2.75, 3.05) is 14.1 Å². The molecule has 0 unspecified atom stereocenters. The van der Waals surface area contributed by atoms with E-state index >= 15 is 0 Å². The fourth-order valence-corrected chi connectivity index (χ4v) is 1.57. The molecule has 98 valence electrons. The van der Waals surface area contributed by atoms with Crippen LogP contribution in [0, 0.1) is 12.7 Å². The Kier molecular flexibility index (Phi) is 3.85. The highest BCUT2D eigenvalue weighted by Crippen LogP contribution is 2.22. The second kappa shape index (κ2) is 5.56. The molecule has 0 bridgehead atoms. The van der Waals surface area contributed by atoms with Gasteiger partial charge in [0.05, 0.1) is 12.0 Å². The molecule has 19 heavy (non-hydrogen) atoms. The minimum atomic E-state index is -0.286. The van der Waals surface area contributed by atoms with Crippen molar-refractivity contribution in [2.24, 2.45) is 4.99 Å². The predicted octanol–water partition coefficient (Wildman–Crippen LogP) is 2.81. The molecule has 2 aromatic rings. The molecule has 1 aromatic carbocycles. The topological polar surface area (TPSA) is 41.4 Å². The zero-order chi connectivity index (χ0) is 13.8. The van der Waals surface area contributed by atoms with Crippen LogP contribution in [0.25, 0.3) is 11.3 Å². The summed E-state index contributed by atoms with van der Waals surface area (Å²) in [6.45, 7) is 1.90. The lowest BCUT2D eigenvalue weighted by Gasteiger charge is -2.05. The zero-order valence-electron chi connectivity index (χ0n) is 11.1. The first-order valence-corrected chi connectivity index (χ1v) is 5.87. The minimum Gasteiger partial charge on any atom is -0.369 e. The van der Waals surface area contributed by atoms with E-state index in [4.69, 9.17) is 0 Å². The van der Waals surface area contributed by atoms with Crippen molar-refractivity contribution >= 4 is 12.2 Å². The largest absolute Gasteiger partial charge is 0.369 e. The molecule has 0 saturated heterocycles. The molecule has 0 N–H and O–H groups in total. The summed E-state index contributed by atoms with van der Waals surface area (Å²) >= 11 is 0. The van der Waals surface area contributed by atoms with Crippen molar-refractivity contribution in [2.45, 2.75) is 6.92 Å². The van der Waals surface area contributed by atoms with E-state index in [1.54, 1.807) is 18.5 Å². The summed E-state index contributed by atoms with van der Waals surface area (Å²) in [5.74, 6) is 0.278. The van der Waals surface area contributed by atoms with E-state index in [1.807, 2.05) is 32.0 Å². The van der Waals surface area contributed by atoms with Crippen LogP contribution in [-0.2, 0) is 0 Å². The summed E-state index contributed by atoms with van der Waals surface area (Å²) in [7, 11) is 3.76. The highest BCUT2D eigenvalue weighted by molar-refractivity contribution is 5.64. The Morgan fingerprint density at radius 3 is 2.63 bits per heavy atom. The Labute approximate surface area is 111 Å². The van der Waals surface area contributed by atoms with E-state index in [0.29, 0.717) is 17.1 Å². The van der Waals surface area contributed by atoms with Crippen molar-refractivity contribution < 1.29 is 4.39 Å². The van der Waals surface area contributed by atoms with E-state index in [2.05, 4.69) is 15.2 Å². The minimum absolute atomic E-state index is 0.286. The van der Waals surface area contributed by atoms with Gasteiger partial charge >= 0.3 is 0 Å². The quantitative estimate of drug-likeness (QED) is 0.628. The molecule has 2 rings (SSSR count). The average molecular weight is 258 g/mol. The molecule has 4 nitrogen and oxygen atoms in total. The first-order valence-electron chi connectivity index (χ1n) is 5.87. The Balaban J connectivity index is 2.33. The molecule has 0 radical (unpaired) electrons. The summed E-state index contributed by atoms with van der Waals surface area (Å²) in [5, 5.41) is 8.14. The Hall–Kier alpha value is -2.30. The zero-order valence-corrected chi connectivity index (χ0v) is 11.1. The van der Waals surface area contributed by atoms with Crippen LogP contribution in [0.2, 0.25) is 0 Å². The lowest BCUT2D eigenvalue weighted by Crippen LogP contribution is -2.07. The third kappa shape index (κ3) is 3.34. The van der Waals surface area contributed by atoms with Crippen LogP contribution >= 0.6 is 0 Å². The first-order chi connectivity index (χ1) is 9.06. The molecular weight excluding hydrogens is 243 g/mol. The van der Waals surface area contributed by atoms with Crippen LogP contribution in [0.1, 0.15) is 5.56 Å². The van der Waals surface area contributed by atoms with Crippen molar-refractivity contribution in [3.05, 3.63) is 41.7 Å². The summed E-state index contributed by atoms with van der Waals surface area (Å²) in [6, 6.07) is 8.14. The van der Waals surface area contributed by atoms with Crippen molar-refractivity contribution in [1.29, 1.82) is 0 Å². The standard InChI is InChI=1S/C14H15FN4/c1-10-7-13(11-5-4-6-12(15)8-11)17-18-14(10)16-9-19(2)3/h4-9H,1-3H3. The van der Waals surface area contributed by atoms with Crippen LogP contribution in [0.3, 0.4) is 0 Å². The second-order valence-corrected chi connectivity index (χ2v) is 4.45. The maximum Gasteiger partial charge on any atom is 0.178 e. The number of nitrogens with zero attached hydrogens (tertiary/aromatic N) is 4. The van der Waals surface area contributed by atoms with Gasteiger partial charge in [-0.15, -0.1) is 10.2 Å². The van der Waals surface area contributed by atoms with Crippen LogP contribution in [0.15, 0.2) is 35.3 Å². The fraction of sp³-hybridized carbons (Fsp3) is 0.214. The van der Waals surface area contributed by atoms with E-state index < -0.39 is 0 Å². The molecule has 0 atom stereocenters. The lowest BCUT2D eigenvalue weighted by atomic mass is 10.1. The molecule has 0 spiro atoms. The number of rotatable bonds is 3. The Morgan fingerprint density at radius 2 is 2.00 bits per heavy atom. The van der Waals surface area contributed by atoms with E-state index in [1.165, 1.54) is 12.1 Å². The third-order valence-corrected chi connectivity index (χ3v) is 2.49. The first kappa shape index (κ1) is 13.1. The van der Waals surface area contributed by atoms with Gasteiger partial charge in [-0.25, -0.2) is 9.38 Å². The van der Waals surface area contributed by atoms with Gasteiger partial charge in [-0.2, -0.15) is 0 Å². The predicted molar refractivity (Wildman–Crippen MR) is 74.0 cm³/mol. The molecule has 0 aliphatic rings. The Bertz CT molecular complexity index is 608. The number of halogens is 1. The summed E-state index contributed by atoms with van der Waals surface area (Å²) in [6.07, 6.45) is 1.67. The van der Waals surface area contributed by atoms with Gasteiger partial charge in [-0.3, -0.25) is 0 Å². The summed E-state index contributed by atoms with van der Waals surface area (Å²) in [5.41, 5.74) is 2.24. The number of aliphatic imine (C=N–C) groups is 1. The van der Waals surface area contributed by atoms with Crippen molar-refractivity contribution in [3.8, 4) is 11.3 Å². The monoisotopic (exact) mass is 258 g/mol. The number of hydrogen-bond acceptors (Lipinski definition) is 3. The van der Waals surface area contributed by atoms with Gasteiger partial charge in [0, 0.05) is 19.7 Å². The lowest BCUT2D eigenvalue weighted by molar-refractivity contribution is 0.628. The average Bonchev–Trinajstić information content (AvgIpc) is 2.37. The molecule has 0 aliphatic heterocycles. The second-order valence-electron chi connectivity index (χ2n) is 4.45. The van der Waals surface area contributed by atoms with Gasteiger partial charge in [0.1, 0.15) is 5.82 Å². The van der Waals surface area contributed by atoms with Crippen LogP contribution < -0.4 is 0 Å². The van der Waals surface area contributed by atoms with Crippen LogP contribution in [0.4, 0.5) is 10.2 Å². The Morgan fingerprint density at radius 1 is 1.21 bits per heavy atom. The molecule has 0 amide bonds. The van der Waals surface area contributed by atoms with Gasteiger partial charge in [0.2, 0.25) is 0 Å². The van der Waals surface area contributed by atoms with Crippen LogP contribution in [0.5, 0.6) is 0 Å². The fourth-order valence-electron chi connectivity index (χ4n) is 1.57. The van der Waals surface area contributed by atoms with Gasteiger partial charge < -0.3 is 4.90 Å².